The standard InChI is InChI=1S/C26H24O5/c1-29-24-15-6-5-12-21(24)16-17-25(27)31-23-14-7-13-22(19-23)26(28)30-18-8-11-20-9-3-2-4-10-20/h2-7,9-10,12-17,19H,8,11,18H2,1H3/b17-16+. The van der Waals surface area contributed by atoms with Gasteiger partial charge in [0.05, 0.1) is 19.3 Å². The van der Waals surface area contributed by atoms with E-state index in [1.807, 2.05) is 48.5 Å². The van der Waals surface area contributed by atoms with Gasteiger partial charge in [-0.25, -0.2) is 9.59 Å². The highest BCUT2D eigenvalue weighted by atomic mass is 16.5. The van der Waals surface area contributed by atoms with E-state index in [2.05, 4.69) is 0 Å². The van der Waals surface area contributed by atoms with Crippen molar-refractivity contribution in [2.45, 2.75) is 12.8 Å². The predicted octanol–water partition coefficient (Wildman–Crippen LogP) is 5.10. The van der Waals surface area contributed by atoms with Gasteiger partial charge in [-0.1, -0.05) is 54.6 Å². The molecular formula is C26H24O5. The molecule has 5 heteroatoms. The van der Waals surface area contributed by atoms with Gasteiger partial charge in [0.25, 0.3) is 0 Å². The maximum Gasteiger partial charge on any atom is 0.338 e. The third kappa shape index (κ3) is 6.85. The quantitative estimate of drug-likeness (QED) is 0.210. The number of aryl methyl sites for hydroxylation is 1. The topological polar surface area (TPSA) is 61.8 Å². The number of hydrogen-bond acceptors (Lipinski definition) is 5. The Kier molecular flexibility index (Phi) is 8.00. The zero-order valence-electron chi connectivity index (χ0n) is 17.3. The molecule has 0 spiro atoms. The van der Waals surface area contributed by atoms with Crippen LogP contribution in [0.5, 0.6) is 11.5 Å². The molecule has 0 heterocycles. The summed E-state index contributed by atoms with van der Waals surface area (Å²) in [5.41, 5.74) is 2.29. The third-order valence-electron chi connectivity index (χ3n) is 4.51. The zero-order valence-corrected chi connectivity index (χ0v) is 17.3. The van der Waals surface area contributed by atoms with Crippen molar-refractivity contribution in [3.8, 4) is 11.5 Å². The number of carbonyl (C=O) groups excluding carboxylic acids is 2. The lowest BCUT2D eigenvalue weighted by Gasteiger charge is -2.07. The van der Waals surface area contributed by atoms with Gasteiger partial charge in [0, 0.05) is 11.6 Å². The molecule has 0 saturated carbocycles. The van der Waals surface area contributed by atoms with Crippen molar-refractivity contribution < 1.29 is 23.8 Å². The van der Waals surface area contributed by atoms with E-state index in [0.29, 0.717) is 17.9 Å². The van der Waals surface area contributed by atoms with Crippen LogP contribution in [0.15, 0.2) is 84.9 Å². The van der Waals surface area contributed by atoms with Gasteiger partial charge in [0.2, 0.25) is 0 Å². The molecule has 5 nitrogen and oxygen atoms in total. The molecule has 3 aromatic carbocycles. The van der Waals surface area contributed by atoms with E-state index in [0.717, 1.165) is 18.4 Å². The smallest absolute Gasteiger partial charge is 0.338 e. The molecule has 0 N–H and O–H groups in total. The van der Waals surface area contributed by atoms with Gasteiger partial charge in [-0.3, -0.25) is 0 Å². The molecule has 0 unspecified atom stereocenters. The fraction of sp³-hybridized carbons (Fsp3) is 0.154. The summed E-state index contributed by atoms with van der Waals surface area (Å²) in [5.74, 6) is -0.0771. The van der Waals surface area contributed by atoms with E-state index in [-0.39, 0.29) is 5.75 Å². The second kappa shape index (κ2) is 11.4. The molecule has 0 aliphatic rings. The molecule has 0 aliphatic heterocycles. The first-order valence-electron chi connectivity index (χ1n) is 10.00. The number of methoxy groups -OCH3 is 1. The fourth-order valence-electron chi connectivity index (χ4n) is 2.97. The van der Waals surface area contributed by atoms with Crippen LogP contribution >= 0.6 is 0 Å². The third-order valence-corrected chi connectivity index (χ3v) is 4.51. The highest BCUT2D eigenvalue weighted by Crippen LogP contribution is 2.19. The Balaban J connectivity index is 1.51. The van der Waals surface area contributed by atoms with Crippen molar-refractivity contribution >= 4 is 18.0 Å². The van der Waals surface area contributed by atoms with Crippen LogP contribution in [0.1, 0.15) is 27.9 Å². The summed E-state index contributed by atoms with van der Waals surface area (Å²) >= 11 is 0. The maximum atomic E-state index is 12.3. The van der Waals surface area contributed by atoms with Gasteiger partial charge in [0.15, 0.2) is 0 Å². The van der Waals surface area contributed by atoms with Gasteiger partial charge in [-0.2, -0.15) is 0 Å². The summed E-state index contributed by atoms with van der Waals surface area (Å²) in [6, 6.07) is 23.7. The van der Waals surface area contributed by atoms with Crippen LogP contribution in [0.25, 0.3) is 6.08 Å². The molecule has 0 saturated heterocycles. The van der Waals surface area contributed by atoms with Gasteiger partial charge in [0.1, 0.15) is 11.5 Å². The molecular weight excluding hydrogens is 392 g/mol. The maximum absolute atomic E-state index is 12.3. The molecule has 3 aromatic rings. The van der Waals surface area contributed by atoms with Crippen molar-refractivity contribution in [2.24, 2.45) is 0 Å². The van der Waals surface area contributed by atoms with Crippen molar-refractivity contribution in [1.29, 1.82) is 0 Å². The van der Waals surface area contributed by atoms with Gasteiger partial charge in [-0.15, -0.1) is 0 Å². The summed E-state index contributed by atoms with van der Waals surface area (Å²) < 4.78 is 15.9. The minimum atomic E-state index is -0.556. The molecule has 158 valence electrons. The lowest BCUT2D eigenvalue weighted by atomic mass is 10.1. The Hall–Kier alpha value is -3.86. The molecule has 0 radical (unpaired) electrons. The average molecular weight is 416 g/mol. The number of carbonyl (C=O) groups is 2. The summed E-state index contributed by atoms with van der Waals surface area (Å²) in [5, 5.41) is 0. The van der Waals surface area contributed by atoms with Crippen molar-refractivity contribution in [1.82, 2.24) is 0 Å². The van der Waals surface area contributed by atoms with Crippen LogP contribution in [-0.4, -0.2) is 25.7 Å². The minimum absolute atomic E-state index is 0.272. The first-order chi connectivity index (χ1) is 15.2. The monoisotopic (exact) mass is 416 g/mol. The number of rotatable bonds is 9. The van der Waals surface area contributed by atoms with Crippen molar-refractivity contribution in [2.75, 3.05) is 13.7 Å². The fourth-order valence-corrected chi connectivity index (χ4v) is 2.97. The first-order valence-corrected chi connectivity index (χ1v) is 10.00. The first kappa shape index (κ1) is 21.8. The second-order valence-electron chi connectivity index (χ2n) is 6.75. The van der Waals surface area contributed by atoms with Crippen LogP contribution in [0.2, 0.25) is 0 Å². The molecule has 0 fully saturated rings. The molecule has 3 rings (SSSR count). The van der Waals surface area contributed by atoms with Crippen molar-refractivity contribution in [3.63, 3.8) is 0 Å². The van der Waals surface area contributed by atoms with Crippen LogP contribution in [0.3, 0.4) is 0 Å². The van der Waals surface area contributed by atoms with E-state index in [9.17, 15) is 9.59 Å². The van der Waals surface area contributed by atoms with E-state index < -0.39 is 11.9 Å². The molecule has 0 atom stereocenters. The normalized spacial score (nSPS) is 10.6. The molecule has 0 amide bonds. The average Bonchev–Trinajstić information content (AvgIpc) is 2.81. The van der Waals surface area contributed by atoms with Crippen LogP contribution in [-0.2, 0) is 16.0 Å². The number of para-hydroxylation sites is 1. The number of hydrogen-bond donors (Lipinski definition) is 0. The summed E-state index contributed by atoms with van der Waals surface area (Å²) in [6.07, 6.45) is 4.50. The molecule has 0 aromatic heterocycles. The van der Waals surface area contributed by atoms with Gasteiger partial charge < -0.3 is 14.2 Å². The summed E-state index contributed by atoms with van der Waals surface area (Å²) in [4.78, 5) is 24.4. The second-order valence-corrected chi connectivity index (χ2v) is 6.75. The van der Waals surface area contributed by atoms with E-state index in [4.69, 9.17) is 14.2 Å². The highest BCUT2D eigenvalue weighted by molar-refractivity contribution is 5.91. The Labute approximate surface area is 181 Å². The number of ether oxygens (including phenoxy) is 3. The van der Waals surface area contributed by atoms with Crippen molar-refractivity contribution in [3.05, 3.63) is 102 Å². The Morgan fingerprint density at radius 3 is 2.48 bits per heavy atom. The lowest BCUT2D eigenvalue weighted by molar-refractivity contribution is -0.128. The largest absolute Gasteiger partial charge is 0.496 e. The molecule has 31 heavy (non-hydrogen) atoms. The van der Waals surface area contributed by atoms with Crippen LogP contribution in [0.4, 0.5) is 0 Å². The minimum Gasteiger partial charge on any atom is -0.496 e. The predicted molar refractivity (Wildman–Crippen MR) is 119 cm³/mol. The van der Waals surface area contributed by atoms with Crippen LogP contribution < -0.4 is 9.47 Å². The highest BCUT2D eigenvalue weighted by Gasteiger charge is 2.10. The Morgan fingerprint density at radius 2 is 1.68 bits per heavy atom. The Bertz CT molecular complexity index is 1040. The number of benzene rings is 3. The SMILES string of the molecule is COc1ccccc1/C=C/C(=O)Oc1cccc(C(=O)OCCCc2ccccc2)c1. The van der Waals surface area contributed by atoms with E-state index >= 15 is 0 Å². The lowest BCUT2D eigenvalue weighted by Crippen LogP contribution is -2.08. The van der Waals surface area contributed by atoms with Gasteiger partial charge in [-0.05, 0) is 48.7 Å². The summed E-state index contributed by atoms with van der Waals surface area (Å²) in [7, 11) is 1.57. The number of esters is 2. The Morgan fingerprint density at radius 1 is 0.903 bits per heavy atom. The van der Waals surface area contributed by atoms with E-state index in [1.54, 1.807) is 37.5 Å². The molecule has 0 bridgehead atoms. The molecule has 0 aliphatic carbocycles. The van der Waals surface area contributed by atoms with E-state index in [1.165, 1.54) is 17.7 Å². The van der Waals surface area contributed by atoms with Crippen LogP contribution in [0, 0.1) is 0 Å². The zero-order chi connectivity index (χ0) is 21.9. The summed E-state index contributed by atoms with van der Waals surface area (Å²) in [6.45, 7) is 0.319. The van der Waals surface area contributed by atoms with Gasteiger partial charge >= 0.3 is 11.9 Å².